The van der Waals surface area contributed by atoms with E-state index in [1.807, 2.05) is 6.92 Å². The van der Waals surface area contributed by atoms with Crippen LogP contribution in [0.4, 0.5) is 0 Å². The van der Waals surface area contributed by atoms with Gasteiger partial charge in [-0.05, 0) is 26.7 Å². The summed E-state index contributed by atoms with van der Waals surface area (Å²) < 4.78 is 10.7. The van der Waals surface area contributed by atoms with E-state index in [4.69, 9.17) is 9.15 Å². The largest absolute Gasteiger partial charge is 0.460 e. The Labute approximate surface area is 114 Å². The molecule has 2 rings (SSSR count). The molecule has 1 aromatic heterocycles. The fraction of sp³-hybridized carbons (Fsp3) is 0.733. The number of nitrogens with zero attached hydrogens (tertiary/aromatic N) is 1. The minimum absolute atomic E-state index is 0.277. The molecule has 0 radical (unpaired) electrons. The maximum atomic E-state index is 11.7. The van der Waals surface area contributed by atoms with E-state index in [0.717, 1.165) is 18.7 Å². The first-order chi connectivity index (χ1) is 9.22. The lowest BCUT2D eigenvalue weighted by Crippen LogP contribution is -2.05. The smallest absolute Gasteiger partial charge is 0.376 e. The van der Waals surface area contributed by atoms with Gasteiger partial charge in [-0.15, -0.1) is 0 Å². The summed E-state index contributed by atoms with van der Waals surface area (Å²) in [6.07, 6.45) is 8.60. The number of esters is 1. The normalized spacial score (nSPS) is 17.8. The minimum Gasteiger partial charge on any atom is -0.460 e. The minimum atomic E-state index is -0.399. The van der Waals surface area contributed by atoms with E-state index in [9.17, 15) is 4.79 Å². The second kappa shape index (κ2) is 6.73. The van der Waals surface area contributed by atoms with Gasteiger partial charge in [0.1, 0.15) is 0 Å². The van der Waals surface area contributed by atoms with Crippen LogP contribution in [0.3, 0.4) is 0 Å². The van der Waals surface area contributed by atoms with Crippen LogP contribution in [0.5, 0.6) is 0 Å². The highest BCUT2D eigenvalue weighted by molar-refractivity contribution is 5.87. The van der Waals surface area contributed by atoms with E-state index in [-0.39, 0.29) is 5.76 Å². The molecule has 1 saturated carbocycles. The first kappa shape index (κ1) is 14.1. The summed E-state index contributed by atoms with van der Waals surface area (Å²) in [7, 11) is 0. The third-order valence-electron chi connectivity index (χ3n) is 3.73. The summed E-state index contributed by atoms with van der Waals surface area (Å²) in [6.45, 7) is 3.96. The van der Waals surface area contributed by atoms with Crippen LogP contribution in [0.15, 0.2) is 4.42 Å². The predicted molar refractivity (Wildman–Crippen MR) is 72.3 cm³/mol. The van der Waals surface area contributed by atoms with E-state index >= 15 is 0 Å². The van der Waals surface area contributed by atoms with Crippen molar-refractivity contribution in [1.82, 2.24) is 4.98 Å². The second-order valence-electron chi connectivity index (χ2n) is 5.23. The van der Waals surface area contributed by atoms with Gasteiger partial charge in [0.25, 0.3) is 0 Å². The molecule has 1 heterocycles. The molecule has 0 aliphatic heterocycles. The van der Waals surface area contributed by atoms with Crippen LogP contribution in [0, 0.1) is 6.92 Å². The van der Waals surface area contributed by atoms with Crippen LogP contribution in [-0.4, -0.2) is 17.6 Å². The summed E-state index contributed by atoms with van der Waals surface area (Å²) in [5.74, 6) is 0.966. The number of aromatic nitrogens is 1. The van der Waals surface area contributed by atoms with Gasteiger partial charge in [-0.25, -0.2) is 9.78 Å². The van der Waals surface area contributed by atoms with Crippen LogP contribution < -0.4 is 0 Å². The Hall–Kier alpha value is -1.32. The molecule has 19 heavy (non-hydrogen) atoms. The number of carbonyl (C=O) groups excluding carboxylic acids is 1. The number of hydrogen-bond donors (Lipinski definition) is 0. The van der Waals surface area contributed by atoms with Gasteiger partial charge in [-0.2, -0.15) is 0 Å². The van der Waals surface area contributed by atoms with Gasteiger partial charge >= 0.3 is 5.97 Å². The maximum Gasteiger partial charge on any atom is 0.376 e. The van der Waals surface area contributed by atoms with Crippen molar-refractivity contribution in [3.8, 4) is 0 Å². The lowest BCUT2D eigenvalue weighted by molar-refractivity contribution is 0.0486. The van der Waals surface area contributed by atoms with Crippen molar-refractivity contribution in [2.75, 3.05) is 6.61 Å². The highest BCUT2D eigenvalue weighted by atomic mass is 16.5. The van der Waals surface area contributed by atoms with E-state index in [1.165, 1.54) is 32.1 Å². The first-order valence-electron chi connectivity index (χ1n) is 7.36. The molecule has 1 aromatic rings. The number of carbonyl (C=O) groups is 1. The molecule has 4 nitrogen and oxygen atoms in total. The van der Waals surface area contributed by atoms with Crippen LogP contribution in [0.25, 0.3) is 0 Å². The van der Waals surface area contributed by atoms with Gasteiger partial charge in [0.05, 0.1) is 12.3 Å². The molecule has 1 aliphatic rings. The van der Waals surface area contributed by atoms with Crippen LogP contribution in [0.2, 0.25) is 0 Å². The van der Waals surface area contributed by atoms with E-state index in [2.05, 4.69) is 4.98 Å². The predicted octanol–water partition coefficient (Wildman–Crippen LogP) is 3.99. The Bertz CT molecular complexity index is 417. The fourth-order valence-electron chi connectivity index (χ4n) is 2.68. The first-order valence-corrected chi connectivity index (χ1v) is 7.36. The number of aryl methyl sites for hydroxylation is 1. The Morgan fingerprint density at radius 2 is 1.89 bits per heavy atom. The molecule has 0 atom stereocenters. The number of oxazole rings is 1. The lowest BCUT2D eigenvalue weighted by Gasteiger charge is -2.16. The summed E-state index contributed by atoms with van der Waals surface area (Å²) in [5, 5.41) is 0. The molecule has 4 heteroatoms. The molecule has 0 bridgehead atoms. The summed E-state index contributed by atoms with van der Waals surface area (Å²) in [4.78, 5) is 16.2. The molecule has 0 spiro atoms. The van der Waals surface area contributed by atoms with Crippen molar-refractivity contribution >= 4 is 5.97 Å². The Kier molecular flexibility index (Phi) is 5.00. The molecule has 0 aromatic carbocycles. The lowest BCUT2D eigenvalue weighted by atomic mass is 9.91. The topological polar surface area (TPSA) is 52.3 Å². The number of rotatable bonds is 3. The molecular formula is C15H23NO3. The quantitative estimate of drug-likeness (QED) is 0.775. The van der Waals surface area contributed by atoms with Gasteiger partial charge in [0.2, 0.25) is 5.76 Å². The van der Waals surface area contributed by atoms with Crippen molar-refractivity contribution in [1.29, 1.82) is 0 Å². The Balaban J connectivity index is 2.11. The third kappa shape index (κ3) is 3.58. The highest BCUT2D eigenvalue weighted by Gasteiger charge is 2.24. The van der Waals surface area contributed by atoms with Gasteiger partial charge in [0, 0.05) is 5.92 Å². The Morgan fingerprint density at radius 1 is 1.26 bits per heavy atom. The zero-order valence-electron chi connectivity index (χ0n) is 11.9. The molecular weight excluding hydrogens is 242 g/mol. The zero-order chi connectivity index (χ0) is 13.7. The SMILES string of the molecule is CCOC(=O)c1oc(C2CCCCCCC2)nc1C. The maximum absolute atomic E-state index is 11.7. The summed E-state index contributed by atoms with van der Waals surface area (Å²) >= 11 is 0. The molecule has 0 saturated heterocycles. The average molecular weight is 265 g/mol. The van der Waals surface area contributed by atoms with Crippen molar-refractivity contribution in [2.24, 2.45) is 0 Å². The standard InChI is InChI=1S/C15H23NO3/c1-3-18-15(17)13-11(2)16-14(19-13)12-9-7-5-4-6-8-10-12/h12H,3-10H2,1-2H3. The van der Waals surface area contributed by atoms with Gasteiger partial charge in [-0.3, -0.25) is 0 Å². The van der Waals surface area contributed by atoms with Gasteiger partial charge in [-0.1, -0.05) is 32.1 Å². The molecule has 0 N–H and O–H groups in total. The second-order valence-corrected chi connectivity index (χ2v) is 5.23. The van der Waals surface area contributed by atoms with Crippen molar-refractivity contribution in [3.05, 3.63) is 17.3 Å². The van der Waals surface area contributed by atoms with Crippen molar-refractivity contribution in [3.63, 3.8) is 0 Å². The molecule has 106 valence electrons. The van der Waals surface area contributed by atoms with Crippen molar-refractivity contribution in [2.45, 2.75) is 64.7 Å². The van der Waals surface area contributed by atoms with E-state index < -0.39 is 5.97 Å². The van der Waals surface area contributed by atoms with Gasteiger partial charge in [0.15, 0.2) is 5.89 Å². The monoisotopic (exact) mass is 265 g/mol. The van der Waals surface area contributed by atoms with Crippen LogP contribution >= 0.6 is 0 Å². The van der Waals surface area contributed by atoms with Gasteiger partial charge < -0.3 is 9.15 Å². The van der Waals surface area contributed by atoms with E-state index in [0.29, 0.717) is 18.2 Å². The highest BCUT2D eigenvalue weighted by Crippen LogP contribution is 2.31. The molecule has 0 amide bonds. The molecule has 0 unspecified atom stereocenters. The Morgan fingerprint density at radius 3 is 2.53 bits per heavy atom. The fourth-order valence-corrected chi connectivity index (χ4v) is 2.68. The van der Waals surface area contributed by atoms with Crippen LogP contribution in [0.1, 0.15) is 79.9 Å². The summed E-state index contributed by atoms with van der Waals surface area (Å²) in [5.41, 5.74) is 0.649. The summed E-state index contributed by atoms with van der Waals surface area (Å²) in [6, 6.07) is 0. The number of hydrogen-bond acceptors (Lipinski definition) is 4. The van der Waals surface area contributed by atoms with E-state index in [1.54, 1.807) is 6.92 Å². The molecule has 1 fully saturated rings. The molecule has 1 aliphatic carbocycles. The zero-order valence-corrected chi connectivity index (χ0v) is 11.9. The number of ether oxygens (including phenoxy) is 1. The van der Waals surface area contributed by atoms with Crippen LogP contribution in [-0.2, 0) is 4.74 Å². The third-order valence-corrected chi connectivity index (χ3v) is 3.73. The average Bonchev–Trinajstić information content (AvgIpc) is 2.71. The van der Waals surface area contributed by atoms with Crippen molar-refractivity contribution < 1.29 is 13.9 Å².